The number of amides is 1. The zero-order valence-electron chi connectivity index (χ0n) is 8.90. The van der Waals surface area contributed by atoms with E-state index in [-0.39, 0.29) is 4.91 Å². The van der Waals surface area contributed by atoms with E-state index in [1.807, 2.05) is 24.3 Å². The smallest absolute Gasteiger partial charge is 0.258 e. The first kappa shape index (κ1) is 10.3. The summed E-state index contributed by atoms with van der Waals surface area (Å²) in [5.41, 5.74) is 8.15. The van der Waals surface area contributed by atoms with Crippen molar-refractivity contribution in [1.29, 1.82) is 0 Å². The summed E-state index contributed by atoms with van der Waals surface area (Å²) in [6.45, 7) is 0. The molecule has 3 N–H and O–H groups in total. The van der Waals surface area contributed by atoms with Crippen LogP contribution in [0.2, 0.25) is 0 Å². The Morgan fingerprint density at radius 1 is 1.35 bits per heavy atom. The van der Waals surface area contributed by atoms with Gasteiger partial charge in [0, 0.05) is 12.1 Å². The maximum Gasteiger partial charge on any atom is 0.258 e. The fraction of sp³-hybridized carbons (Fsp3) is 0.0833. The van der Waals surface area contributed by atoms with Crippen LogP contribution in [0.15, 0.2) is 45.8 Å². The fourth-order valence-corrected chi connectivity index (χ4v) is 3.27. The molecule has 0 radical (unpaired) electrons. The largest absolute Gasteiger partial charge is 0.365 e. The molecule has 5 heteroatoms. The molecule has 1 atom stereocenters. The number of nitrogens with one attached hydrogen (secondary N) is 1. The summed E-state index contributed by atoms with van der Waals surface area (Å²) >= 11 is 0. The highest BCUT2D eigenvalue weighted by molar-refractivity contribution is 7.94. The number of hydrogen-bond acceptors (Lipinski definition) is 3. The second-order valence-electron chi connectivity index (χ2n) is 3.95. The van der Waals surface area contributed by atoms with Crippen molar-refractivity contribution in [3.63, 3.8) is 0 Å². The second-order valence-corrected chi connectivity index (χ2v) is 5.34. The molecule has 0 spiro atoms. The van der Waals surface area contributed by atoms with Crippen molar-refractivity contribution in [2.75, 3.05) is 5.32 Å². The summed E-state index contributed by atoms with van der Waals surface area (Å²) < 4.78 is 12.0. The van der Waals surface area contributed by atoms with Gasteiger partial charge in [-0.15, -0.1) is 0 Å². The Morgan fingerprint density at radius 3 is 2.88 bits per heavy atom. The monoisotopic (exact) mass is 246 g/mol. The van der Waals surface area contributed by atoms with Gasteiger partial charge in [0.2, 0.25) is 0 Å². The van der Waals surface area contributed by atoms with Crippen molar-refractivity contribution in [2.24, 2.45) is 5.73 Å². The second kappa shape index (κ2) is 3.56. The van der Waals surface area contributed by atoms with Gasteiger partial charge in [0.15, 0.2) is 0 Å². The minimum Gasteiger partial charge on any atom is -0.365 e. The highest BCUT2D eigenvalue weighted by Gasteiger charge is 2.30. The fourth-order valence-electron chi connectivity index (χ4n) is 2.05. The van der Waals surface area contributed by atoms with Crippen LogP contribution < -0.4 is 11.1 Å². The topological polar surface area (TPSA) is 72.2 Å². The number of hydrogen-bond donors (Lipinski definition) is 2. The van der Waals surface area contributed by atoms with Crippen molar-refractivity contribution < 1.29 is 9.00 Å². The lowest BCUT2D eigenvalue weighted by atomic mass is 10.0. The minimum atomic E-state index is -1.46. The van der Waals surface area contributed by atoms with Crippen molar-refractivity contribution in [2.45, 2.75) is 6.42 Å². The number of carbonyl (C=O) groups excluding carboxylic acids is 1. The number of para-hydroxylation sites is 1. The van der Waals surface area contributed by atoms with Crippen LogP contribution >= 0.6 is 0 Å². The molecule has 3 rings (SSSR count). The predicted octanol–water partition coefficient (Wildman–Crippen LogP) is 0.998. The minimum absolute atomic E-state index is 0.176. The van der Waals surface area contributed by atoms with Crippen molar-refractivity contribution in [1.82, 2.24) is 0 Å². The molecule has 1 amide bonds. The molecule has 0 aromatic heterocycles. The first-order valence-corrected chi connectivity index (χ1v) is 6.33. The summed E-state index contributed by atoms with van der Waals surface area (Å²) in [7, 11) is -1.46. The number of allylic oxidation sites excluding steroid dienone is 2. The van der Waals surface area contributed by atoms with Crippen LogP contribution in [0.4, 0.5) is 5.69 Å². The molecule has 4 nitrogen and oxygen atoms in total. The first-order chi connectivity index (χ1) is 8.16. The van der Waals surface area contributed by atoms with Crippen LogP contribution in [-0.4, -0.2) is 10.1 Å². The van der Waals surface area contributed by atoms with E-state index in [9.17, 15) is 9.00 Å². The van der Waals surface area contributed by atoms with Gasteiger partial charge in [0.25, 0.3) is 5.91 Å². The van der Waals surface area contributed by atoms with Crippen LogP contribution in [0.1, 0.15) is 5.56 Å². The molecule has 17 heavy (non-hydrogen) atoms. The number of carbonyl (C=O) groups is 1. The molecule has 2 heterocycles. The molecule has 1 aromatic carbocycles. The number of rotatable bonds is 1. The number of fused-ring (bicyclic) bond motifs is 1. The maximum absolute atomic E-state index is 12.0. The van der Waals surface area contributed by atoms with Crippen molar-refractivity contribution >= 4 is 22.4 Å². The summed E-state index contributed by atoms with van der Waals surface area (Å²) in [5.74, 6) is -0.622. The lowest BCUT2D eigenvalue weighted by molar-refractivity contribution is -0.113. The standard InChI is InChI=1S/C12H10N2O2S/c13-11(15)10-6-8-5-7-3-1-2-4-9(7)14-12(8)17(10)16/h1-4,6,14H,5H2,(H2,13,15). The number of anilines is 1. The predicted molar refractivity (Wildman–Crippen MR) is 66.2 cm³/mol. The van der Waals surface area contributed by atoms with Gasteiger partial charge in [-0.25, -0.2) is 4.21 Å². The molecule has 2 aliphatic rings. The van der Waals surface area contributed by atoms with E-state index >= 15 is 0 Å². The number of primary amides is 1. The summed E-state index contributed by atoms with van der Waals surface area (Å²) in [5, 5.41) is 3.71. The third-order valence-electron chi connectivity index (χ3n) is 2.87. The summed E-state index contributed by atoms with van der Waals surface area (Å²) in [6.07, 6.45) is 2.32. The summed E-state index contributed by atoms with van der Waals surface area (Å²) in [6, 6.07) is 7.80. The highest BCUT2D eigenvalue weighted by Crippen LogP contribution is 2.35. The van der Waals surface area contributed by atoms with E-state index in [4.69, 9.17) is 5.73 Å². The SMILES string of the molecule is NC(=O)C1=CC2=C(Nc3ccccc3C2)S1=O. The quantitative estimate of drug-likeness (QED) is 0.776. The van der Waals surface area contributed by atoms with Gasteiger partial charge in [-0.05, 0) is 23.3 Å². The summed E-state index contributed by atoms with van der Waals surface area (Å²) in [4.78, 5) is 11.3. The van der Waals surface area contributed by atoms with Crippen molar-refractivity contribution in [3.05, 3.63) is 51.4 Å². The molecule has 0 saturated carbocycles. The molecule has 2 aliphatic heterocycles. The van der Waals surface area contributed by atoms with E-state index in [0.717, 1.165) is 16.8 Å². The average Bonchev–Trinajstić information content (AvgIpc) is 2.64. The molecule has 0 fully saturated rings. The Bertz CT molecular complexity index is 617. The Balaban J connectivity index is 2.03. The Kier molecular flexibility index (Phi) is 2.16. The van der Waals surface area contributed by atoms with Crippen LogP contribution in [0.3, 0.4) is 0 Å². The Hall–Kier alpha value is -1.88. The Morgan fingerprint density at radius 2 is 2.12 bits per heavy atom. The van der Waals surface area contributed by atoms with E-state index in [1.165, 1.54) is 0 Å². The molecule has 0 aliphatic carbocycles. The Labute approximate surface area is 101 Å². The maximum atomic E-state index is 12.0. The zero-order chi connectivity index (χ0) is 12.0. The lowest BCUT2D eigenvalue weighted by Crippen LogP contribution is -2.18. The van der Waals surface area contributed by atoms with Crippen LogP contribution in [-0.2, 0) is 22.0 Å². The average molecular weight is 246 g/mol. The van der Waals surface area contributed by atoms with E-state index < -0.39 is 16.7 Å². The van der Waals surface area contributed by atoms with Crippen molar-refractivity contribution in [3.8, 4) is 0 Å². The molecule has 1 unspecified atom stereocenters. The molecular formula is C12H10N2O2S. The van der Waals surface area contributed by atoms with Crippen LogP contribution in [0.5, 0.6) is 0 Å². The van der Waals surface area contributed by atoms with E-state index in [2.05, 4.69) is 5.32 Å². The number of nitrogens with two attached hydrogens (primary N) is 1. The van der Waals surface area contributed by atoms with Gasteiger partial charge in [0.1, 0.15) is 20.7 Å². The van der Waals surface area contributed by atoms with Crippen LogP contribution in [0, 0.1) is 0 Å². The van der Waals surface area contributed by atoms with Crippen LogP contribution in [0.25, 0.3) is 0 Å². The normalized spacial score (nSPS) is 21.4. The van der Waals surface area contributed by atoms with Gasteiger partial charge in [-0.2, -0.15) is 0 Å². The third kappa shape index (κ3) is 1.51. The van der Waals surface area contributed by atoms with Gasteiger partial charge in [-0.3, -0.25) is 4.79 Å². The molecule has 1 aromatic rings. The first-order valence-electron chi connectivity index (χ1n) is 5.18. The molecule has 0 bridgehead atoms. The number of benzene rings is 1. The molecule has 0 saturated heterocycles. The van der Waals surface area contributed by atoms with E-state index in [0.29, 0.717) is 11.4 Å². The molecular weight excluding hydrogens is 236 g/mol. The van der Waals surface area contributed by atoms with Gasteiger partial charge in [0.05, 0.1) is 0 Å². The molecule has 86 valence electrons. The lowest BCUT2D eigenvalue weighted by Gasteiger charge is -2.19. The zero-order valence-corrected chi connectivity index (χ0v) is 9.71. The van der Waals surface area contributed by atoms with Gasteiger partial charge in [-0.1, -0.05) is 18.2 Å². The van der Waals surface area contributed by atoms with Gasteiger partial charge < -0.3 is 11.1 Å². The van der Waals surface area contributed by atoms with E-state index in [1.54, 1.807) is 6.08 Å². The highest BCUT2D eigenvalue weighted by atomic mass is 32.2. The third-order valence-corrected chi connectivity index (χ3v) is 4.32. The van der Waals surface area contributed by atoms with Gasteiger partial charge >= 0.3 is 0 Å².